The van der Waals surface area contributed by atoms with Crippen molar-refractivity contribution >= 4 is 38.3 Å². The summed E-state index contributed by atoms with van der Waals surface area (Å²) in [6.45, 7) is 3.11. The molecule has 1 aromatic carbocycles. The number of nitrogens with one attached hydrogen (secondary N) is 3. The Hall–Kier alpha value is -3.28. The number of halogens is 2. The number of carbonyl (C=O) groups is 1. The van der Waals surface area contributed by atoms with Gasteiger partial charge in [-0.05, 0) is 31.5 Å². The molecule has 12 heteroatoms. The first-order chi connectivity index (χ1) is 14.2. The SMILES string of the molecule is CCC(C)S(=O)(=O)Nc1ccc(F)c(C(=O)Nc2cnc3[nH]nc(OC)c3c2)c1F. The number of hydrogen-bond acceptors (Lipinski definition) is 6. The van der Waals surface area contributed by atoms with Gasteiger partial charge in [-0.2, -0.15) is 0 Å². The first-order valence-electron chi connectivity index (χ1n) is 8.87. The lowest BCUT2D eigenvalue weighted by atomic mass is 10.1. The predicted molar refractivity (Wildman–Crippen MR) is 107 cm³/mol. The highest BCUT2D eigenvalue weighted by molar-refractivity contribution is 7.93. The van der Waals surface area contributed by atoms with E-state index >= 15 is 0 Å². The number of aromatic amines is 1. The third-order valence-electron chi connectivity index (χ3n) is 4.51. The van der Waals surface area contributed by atoms with E-state index in [9.17, 15) is 22.0 Å². The molecule has 0 aliphatic rings. The van der Waals surface area contributed by atoms with Crippen LogP contribution < -0.4 is 14.8 Å². The van der Waals surface area contributed by atoms with Gasteiger partial charge in [-0.15, -0.1) is 5.10 Å². The fraction of sp³-hybridized carbons (Fsp3) is 0.278. The van der Waals surface area contributed by atoms with Crippen molar-refractivity contribution < 1.29 is 26.7 Å². The number of aromatic nitrogens is 3. The van der Waals surface area contributed by atoms with Crippen LogP contribution in [0.25, 0.3) is 11.0 Å². The fourth-order valence-corrected chi connectivity index (χ4v) is 3.72. The number of rotatable bonds is 7. The van der Waals surface area contributed by atoms with Gasteiger partial charge in [0.05, 0.1) is 35.3 Å². The molecule has 1 atom stereocenters. The number of hydrogen-bond donors (Lipinski definition) is 3. The van der Waals surface area contributed by atoms with E-state index in [4.69, 9.17) is 4.74 Å². The minimum atomic E-state index is -3.90. The summed E-state index contributed by atoms with van der Waals surface area (Å²) in [5, 5.41) is 8.50. The quantitative estimate of drug-likeness (QED) is 0.520. The molecule has 0 saturated carbocycles. The van der Waals surface area contributed by atoms with Crippen molar-refractivity contribution in [1.82, 2.24) is 15.2 Å². The number of benzene rings is 1. The molecule has 0 saturated heterocycles. The second kappa shape index (κ2) is 8.22. The number of H-pyrrole nitrogens is 1. The molecule has 0 radical (unpaired) electrons. The van der Waals surface area contributed by atoms with Gasteiger partial charge in [-0.1, -0.05) is 6.92 Å². The molecule has 2 heterocycles. The highest BCUT2D eigenvalue weighted by Crippen LogP contribution is 2.26. The number of ether oxygens (including phenoxy) is 1. The van der Waals surface area contributed by atoms with Crippen LogP contribution in [0.5, 0.6) is 5.88 Å². The molecule has 0 aliphatic carbocycles. The average Bonchev–Trinajstić information content (AvgIpc) is 3.11. The van der Waals surface area contributed by atoms with Crippen LogP contribution in [0.3, 0.4) is 0 Å². The zero-order chi connectivity index (χ0) is 22.1. The zero-order valence-corrected chi connectivity index (χ0v) is 17.1. The summed E-state index contributed by atoms with van der Waals surface area (Å²) >= 11 is 0. The Morgan fingerprint density at radius 2 is 2.07 bits per heavy atom. The van der Waals surface area contributed by atoms with E-state index in [2.05, 4.69) is 25.2 Å². The topological polar surface area (TPSA) is 126 Å². The molecule has 3 rings (SSSR count). The largest absolute Gasteiger partial charge is 0.479 e. The number of methoxy groups -OCH3 is 1. The van der Waals surface area contributed by atoms with E-state index < -0.39 is 44.1 Å². The average molecular weight is 439 g/mol. The maximum Gasteiger partial charge on any atom is 0.261 e. The molecule has 160 valence electrons. The van der Waals surface area contributed by atoms with E-state index in [1.54, 1.807) is 6.92 Å². The van der Waals surface area contributed by atoms with Gasteiger partial charge in [0.2, 0.25) is 15.9 Å². The zero-order valence-electron chi connectivity index (χ0n) is 16.3. The lowest BCUT2D eigenvalue weighted by molar-refractivity contribution is 0.101. The van der Waals surface area contributed by atoms with Gasteiger partial charge in [0.25, 0.3) is 5.91 Å². The van der Waals surface area contributed by atoms with Gasteiger partial charge in [-0.3, -0.25) is 14.6 Å². The number of anilines is 2. The van der Waals surface area contributed by atoms with E-state index in [0.717, 1.165) is 12.1 Å². The van der Waals surface area contributed by atoms with E-state index in [-0.39, 0.29) is 11.6 Å². The highest BCUT2D eigenvalue weighted by atomic mass is 32.2. The van der Waals surface area contributed by atoms with Crippen LogP contribution >= 0.6 is 0 Å². The molecule has 3 N–H and O–H groups in total. The van der Waals surface area contributed by atoms with E-state index in [0.29, 0.717) is 17.5 Å². The van der Waals surface area contributed by atoms with Crippen molar-refractivity contribution in [2.45, 2.75) is 25.5 Å². The van der Waals surface area contributed by atoms with E-state index in [1.807, 2.05) is 0 Å². The first-order valence-corrected chi connectivity index (χ1v) is 10.4. The van der Waals surface area contributed by atoms with Gasteiger partial charge in [0, 0.05) is 0 Å². The number of sulfonamides is 1. The molecule has 0 aliphatic heterocycles. The molecular formula is C18H19F2N5O4S. The minimum absolute atomic E-state index is 0.136. The summed E-state index contributed by atoms with van der Waals surface area (Å²) in [4.78, 5) is 16.6. The van der Waals surface area contributed by atoms with Crippen molar-refractivity contribution in [3.63, 3.8) is 0 Å². The Balaban J connectivity index is 1.92. The van der Waals surface area contributed by atoms with E-state index in [1.165, 1.54) is 26.3 Å². The van der Waals surface area contributed by atoms with Crippen LogP contribution in [0, 0.1) is 11.6 Å². The number of amides is 1. The van der Waals surface area contributed by atoms with Gasteiger partial charge in [0.1, 0.15) is 11.4 Å². The maximum atomic E-state index is 14.8. The molecule has 9 nitrogen and oxygen atoms in total. The number of fused-ring (bicyclic) bond motifs is 1. The van der Waals surface area contributed by atoms with Crippen LogP contribution in [0.15, 0.2) is 24.4 Å². The molecule has 1 unspecified atom stereocenters. The number of carbonyl (C=O) groups excluding carboxylic acids is 1. The van der Waals surface area contributed by atoms with Crippen LogP contribution in [-0.2, 0) is 10.0 Å². The van der Waals surface area contributed by atoms with Crippen molar-refractivity contribution in [2.24, 2.45) is 0 Å². The standard InChI is InChI=1S/C18H19F2N5O4S/c1-4-9(2)30(27,28)25-13-6-5-12(19)14(15(13)20)17(26)22-10-7-11-16(21-8-10)23-24-18(11)29-3/h5-9,25H,4H2,1-3H3,(H,22,26)(H,21,23,24). The molecule has 3 aromatic rings. The Morgan fingerprint density at radius 1 is 1.33 bits per heavy atom. The summed E-state index contributed by atoms with van der Waals surface area (Å²) in [5.41, 5.74) is -0.925. The maximum absolute atomic E-state index is 14.8. The summed E-state index contributed by atoms with van der Waals surface area (Å²) in [6, 6.07) is 3.20. The lowest BCUT2D eigenvalue weighted by Crippen LogP contribution is -2.26. The molecule has 2 aromatic heterocycles. The second-order valence-corrected chi connectivity index (χ2v) is 8.56. The highest BCUT2D eigenvalue weighted by Gasteiger charge is 2.25. The smallest absolute Gasteiger partial charge is 0.261 e. The second-order valence-electron chi connectivity index (χ2n) is 6.46. The Labute approximate surface area is 170 Å². The monoisotopic (exact) mass is 439 g/mol. The Bertz CT molecular complexity index is 1210. The summed E-state index contributed by atoms with van der Waals surface area (Å²) in [7, 11) is -2.50. The van der Waals surface area contributed by atoms with Crippen LogP contribution in [0.2, 0.25) is 0 Å². The molecular weight excluding hydrogens is 420 g/mol. The minimum Gasteiger partial charge on any atom is -0.479 e. The van der Waals surface area contributed by atoms with Gasteiger partial charge >= 0.3 is 0 Å². The molecule has 30 heavy (non-hydrogen) atoms. The first kappa shape index (κ1) is 21.4. The van der Waals surface area contributed by atoms with Crippen molar-refractivity contribution in [3.8, 4) is 5.88 Å². The number of pyridine rings is 1. The molecule has 0 bridgehead atoms. The number of nitrogens with zero attached hydrogens (tertiary/aromatic N) is 2. The van der Waals surface area contributed by atoms with Gasteiger partial charge in [-0.25, -0.2) is 22.2 Å². The lowest BCUT2D eigenvalue weighted by Gasteiger charge is -2.15. The third-order valence-corrected chi connectivity index (χ3v) is 6.40. The Kier molecular flexibility index (Phi) is 5.87. The molecule has 0 fully saturated rings. The van der Waals surface area contributed by atoms with Gasteiger partial charge < -0.3 is 10.1 Å². The predicted octanol–water partition coefficient (Wildman–Crippen LogP) is 3.04. The summed E-state index contributed by atoms with van der Waals surface area (Å²) in [6.07, 6.45) is 1.56. The molecule has 0 spiro atoms. The fourth-order valence-electron chi connectivity index (χ4n) is 2.61. The third kappa shape index (κ3) is 4.03. The van der Waals surface area contributed by atoms with Crippen LogP contribution in [-0.4, -0.2) is 41.9 Å². The van der Waals surface area contributed by atoms with Crippen molar-refractivity contribution in [1.29, 1.82) is 0 Å². The molecule has 1 amide bonds. The van der Waals surface area contributed by atoms with Crippen LogP contribution in [0.1, 0.15) is 30.6 Å². The normalized spacial score (nSPS) is 12.6. The van der Waals surface area contributed by atoms with Crippen molar-refractivity contribution in [3.05, 3.63) is 41.6 Å². The van der Waals surface area contributed by atoms with Crippen molar-refractivity contribution in [2.75, 3.05) is 17.1 Å². The van der Waals surface area contributed by atoms with Gasteiger partial charge in [0.15, 0.2) is 11.5 Å². The van der Waals surface area contributed by atoms with Crippen LogP contribution in [0.4, 0.5) is 20.2 Å². The summed E-state index contributed by atoms with van der Waals surface area (Å²) < 4.78 is 60.6. The Morgan fingerprint density at radius 3 is 2.73 bits per heavy atom. The summed E-state index contributed by atoms with van der Waals surface area (Å²) in [5.74, 6) is -3.36.